The van der Waals surface area contributed by atoms with E-state index in [1.165, 1.54) is 17.2 Å². The molecule has 6 nitrogen and oxygen atoms in total. The van der Waals surface area contributed by atoms with Gasteiger partial charge >= 0.3 is 6.03 Å². The lowest BCUT2D eigenvalue weighted by Crippen LogP contribution is -2.53. The molecule has 170 valence electrons. The van der Waals surface area contributed by atoms with Crippen LogP contribution in [0.2, 0.25) is 5.15 Å². The molecule has 0 saturated carbocycles. The van der Waals surface area contributed by atoms with Crippen LogP contribution in [0.4, 0.5) is 19.3 Å². The fourth-order valence-corrected chi connectivity index (χ4v) is 4.05. The normalized spacial score (nSPS) is 14.8. The summed E-state index contributed by atoms with van der Waals surface area (Å²) in [6.07, 6.45) is 1.72. The van der Waals surface area contributed by atoms with E-state index in [2.05, 4.69) is 15.6 Å². The van der Waals surface area contributed by atoms with Gasteiger partial charge in [0.25, 0.3) is 0 Å². The molecule has 2 N–H and O–H groups in total. The van der Waals surface area contributed by atoms with Gasteiger partial charge in [0.1, 0.15) is 22.8 Å². The van der Waals surface area contributed by atoms with E-state index in [9.17, 15) is 18.4 Å². The van der Waals surface area contributed by atoms with Crippen LogP contribution < -0.4 is 10.6 Å². The van der Waals surface area contributed by atoms with Gasteiger partial charge in [-0.3, -0.25) is 4.79 Å². The van der Waals surface area contributed by atoms with Crippen molar-refractivity contribution in [2.45, 2.75) is 32.0 Å². The molecule has 2 heterocycles. The molecule has 4 rings (SSSR count). The third-order valence-electron chi connectivity index (χ3n) is 5.57. The van der Waals surface area contributed by atoms with Crippen molar-refractivity contribution in [3.8, 4) is 0 Å². The summed E-state index contributed by atoms with van der Waals surface area (Å²) in [7, 11) is 0. The maximum atomic E-state index is 14.2. The number of amides is 3. The lowest BCUT2D eigenvalue weighted by atomic mass is 10.0. The fourth-order valence-electron chi connectivity index (χ4n) is 3.84. The highest BCUT2D eigenvalue weighted by molar-refractivity contribution is 6.30. The summed E-state index contributed by atoms with van der Waals surface area (Å²) < 4.78 is 27.5. The minimum Gasteiger partial charge on any atom is -0.348 e. The Morgan fingerprint density at radius 2 is 1.97 bits per heavy atom. The van der Waals surface area contributed by atoms with E-state index in [1.807, 2.05) is 30.3 Å². The van der Waals surface area contributed by atoms with Gasteiger partial charge in [0.15, 0.2) is 0 Å². The van der Waals surface area contributed by atoms with Gasteiger partial charge in [0, 0.05) is 29.8 Å². The number of nitrogens with one attached hydrogen (secondary N) is 2. The molecular weight excluding hydrogens is 450 g/mol. The summed E-state index contributed by atoms with van der Waals surface area (Å²) in [6, 6.07) is 12.0. The average Bonchev–Trinajstić information content (AvgIpc) is 2.78. The Morgan fingerprint density at radius 3 is 2.70 bits per heavy atom. The van der Waals surface area contributed by atoms with Gasteiger partial charge in [0.2, 0.25) is 5.91 Å². The van der Waals surface area contributed by atoms with Gasteiger partial charge in [-0.2, -0.15) is 0 Å². The van der Waals surface area contributed by atoms with Crippen LogP contribution in [0.25, 0.3) is 0 Å². The van der Waals surface area contributed by atoms with Crippen molar-refractivity contribution in [3.05, 3.63) is 94.3 Å². The zero-order valence-corrected chi connectivity index (χ0v) is 18.4. The third-order valence-corrected chi connectivity index (χ3v) is 5.90. The first-order valence-corrected chi connectivity index (χ1v) is 10.7. The maximum absolute atomic E-state index is 14.2. The van der Waals surface area contributed by atoms with Crippen molar-refractivity contribution in [2.24, 2.45) is 0 Å². The van der Waals surface area contributed by atoms with Gasteiger partial charge in [-0.25, -0.2) is 18.6 Å². The van der Waals surface area contributed by atoms with Crippen LogP contribution in [-0.4, -0.2) is 27.9 Å². The molecular formula is C24H21ClF2N4O2. The van der Waals surface area contributed by atoms with Crippen molar-refractivity contribution in [1.82, 2.24) is 15.2 Å². The highest BCUT2D eigenvalue weighted by Gasteiger charge is 2.35. The molecule has 1 aromatic heterocycles. The van der Waals surface area contributed by atoms with E-state index in [-0.39, 0.29) is 23.7 Å². The van der Waals surface area contributed by atoms with Crippen molar-refractivity contribution in [3.63, 3.8) is 0 Å². The lowest BCUT2D eigenvalue weighted by Gasteiger charge is -2.35. The molecule has 0 spiro atoms. The van der Waals surface area contributed by atoms with E-state index in [0.29, 0.717) is 11.3 Å². The first-order chi connectivity index (χ1) is 15.8. The summed E-state index contributed by atoms with van der Waals surface area (Å²) in [5.74, 6) is -1.94. The number of nitrogens with zero attached hydrogens (tertiary/aromatic N) is 2. The molecule has 0 fully saturated rings. The first kappa shape index (κ1) is 22.7. The Hall–Kier alpha value is -3.52. The summed E-state index contributed by atoms with van der Waals surface area (Å²) in [4.78, 5) is 31.7. The van der Waals surface area contributed by atoms with Crippen molar-refractivity contribution in [2.75, 3.05) is 5.32 Å². The summed E-state index contributed by atoms with van der Waals surface area (Å²) >= 11 is 6.23. The predicted octanol–water partition coefficient (Wildman–Crippen LogP) is 4.85. The highest BCUT2D eigenvalue weighted by atomic mass is 35.5. The van der Waals surface area contributed by atoms with Gasteiger partial charge in [0.05, 0.1) is 18.3 Å². The van der Waals surface area contributed by atoms with E-state index in [0.717, 1.165) is 17.7 Å². The number of benzene rings is 2. The monoisotopic (exact) mass is 470 g/mol. The molecule has 2 atom stereocenters. The van der Waals surface area contributed by atoms with Gasteiger partial charge in [-0.05, 0) is 24.6 Å². The van der Waals surface area contributed by atoms with Crippen molar-refractivity contribution in [1.29, 1.82) is 0 Å². The molecule has 3 amide bonds. The van der Waals surface area contributed by atoms with Crippen LogP contribution in [0, 0.1) is 11.6 Å². The van der Waals surface area contributed by atoms with Crippen LogP contribution >= 0.6 is 11.6 Å². The number of hydrogen-bond donors (Lipinski definition) is 2. The number of fused-ring (bicyclic) bond motifs is 1. The van der Waals surface area contributed by atoms with E-state index < -0.39 is 35.7 Å². The molecule has 0 radical (unpaired) electrons. The second-order valence-corrected chi connectivity index (χ2v) is 8.15. The molecule has 1 aliphatic rings. The molecule has 2 aromatic carbocycles. The van der Waals surface area contributed by atoms with Crippen LogP contribution in [0.3, 0.4) is 0 Å². The third kappa shape index (κ3) is 4.96. The van der Waals surface area contributed by atoms with Gasteiger partial charge < -0.3 is 15.5 Å². The number of halogens is 3. The minimum absolute atomic E-state index is 0.0814. The van der Waals surface area contributed by atoms with Gasteiger partial charge in [-0.15, -0.1) is 0 Å². The number of aromatic nitrogens is 1. The summed E-state index contributed by atoms with van der Waals surface area (Å²) in [5, 5.41) is 5.75. The molecule has 0 aliphatic carbocycles. The SMILES string of the molecule is C[C@H](NC(=O)[C@H](Cc1ccccc1)N1Cc2c(ccnc2Cl)NC1=O)c1ccc(F)cc1F. The van der Waals surface area contributed by atoms with Crippen LogP contribution in [0.5, 0.6) is 0 Å². The molecule has 1 aliphatic heterocycles. The molecule has 33 heavy (non-hydrogen) atoms. The number of rotatable bonds is 6. The standard InChI is InChI=1S/C24H21ClF2N4O2/c1-14(17-8-7-16(26)12-19(17)27)29-23(32)21(11-15-5-3-2-4-6-15)31-13-18-20(30-24(31)33)9-10-28-22(18)25/h2-10,12,14,21H,11,13H2,1H3,(H,29,32)(H,30,33)/t14-,21-/m0/s1. The Labute approximate surface area is 194 Å². The summed E-state index contributed by atoms with van der Waals surface area (Å²) in [6.45, 7) is 1.68. The Bertz CT molecular complexity index is 1190. The minimum atomic E-state index is -0.914. The Balaban J connectivity index is 1.62. The highest BCUT2D eigenvalue weighted by Crippen LogP contribution is 2.30. The fraction of sp³-hybridized carbons (Fsp3) is 0.208. The first-order valence-electron chi connectivity index (χ1n) is 10.3. The zero-order valence-electron chi connectivity index (χ0n) is 17.7. The number of hydrogen-bond acceptors (Lipinski definition) is 3. The lowest BCUT2D eigenvalue weighted by molar-refractivity contribution is -0.126. The van der Waals surface area contributed by atoms with Crippen LogP contribution in [0.1, 0.15) is 29.7 Å². The molecule has 3 aromatic rings. The van der Waals surface area contributed by atoms with E-state index in [1.54, 1.807) is 13.0 Å². The smallest absolute Gasteiger partial charge is 0.322 e. The number of urea groups is 1. The Morgan fingerprint density at radius 1 is 1.21 bits per heavy atom. The second kappa shape index (κ2) is 9.54. The molecule has 0 unspecified atom stereocenters. The largest absolute Gasteiger partial charge is 0.348 e. The Kier molecular flexibility index (Phi) is 6.55. The van der Waals surface area contributed by atoms with Crippen LogP contribution in [-0.2, 0) is 17.8 Å². The quantitative estimate of drug-likeness (QED) is 0.506. The number of anilines is 1. The topological polar surface area (TPSA) is 74.3 Å². The van der Waals surface area contributed by atoms with E-state index >= 15 is 0 Å². The van der Waals surface area contributed by atoms with E-state index in [4.69, 9.17) is 11.6 Å². The maximum Gasteiger partial charge on any atom is 0.322 e. The number of pyridine rings is 1. The van der Waals surface area contributed by atoms with Crippen LogP contribution in [0.15, 0.2) is 60.8 Å². The predicted molar refractivity (Wildman–Crippen MR) is 121 cm³/mol. The average molecular weight is 471 g/mol. The number of carbonyl (C=O) groups is 2. The van der Waals surface area contributed by atoms with Crippen molar-refractivity contribution >= 4 is 29.2 Å². The zero-order chi connectivity index (χ0) is 23.5. The second-order valence-electron chi connectivity index (χ2n) is 7.79. The molecule has 9 heteroatoms. The molecule has 0 bridgehead atoms. The molecule has 0 saturated heterocycles. The summed E-state index contributed by atoms with van der Waals surface area (Å²) in [5.41, 5.74) is 2.12. The number of carbonyl (C=O) groups excluding carboxylic acids is 2. The van der Waals surface area contributed by atoms with Gasteiger partial charge in [-0.1, -0.05) is 48.0 Å². The van der Waals surface area contributed by atoms with Crippen molar-refractivity contribution < 1.29 is 18.4 Å².